The first-order valence-corrected chi connectivity index (χ1v) is 9.44. The number of anilines is 1. The zero-order chi connectivity index (χ0) is 19.2. The zero-order valence-corrected chi connectivity index (χ0v) is 15.8. The molecule has 3 rings (SSSR count). The lowest BCUT2D eigenvalue weighted by Gasteiger charge is -2.08. The highest BCUT2D eigenvalue weighted by molar-refractivity contribution is 7.13. The maximum atomic E-state index is 12.2. The van der Waals surface area contributed by atoms with Crippen LogP contribution in [-0.4, -0.2) is 15.7 Å². The van der Waals surface area contributed by atoms with Crippen molar-refractivity contribution in [1.82, 2.24) is 9.78 Å². The highest BCUT2D eigenvalue weighted by Gasteiger charge is 2.09. The predicted molar refractivity (Wildman–Crippen MR) is 106 cm³/mol. The Bertz CT molecular complexity index is 1050. The average Bonchev–Trinajstić information content (AvgIpc) is 3.18. The van der Waals surface area contributed by atoms with Gasteiger partial charge in [-0.05, 0) is 42.1 Å². The van der Waals surface area contributed by atoms with Crippen LogP contribution >= 0.6 is 22.9 Å². The van der Waals surface area contributed by atoms with E-state index in [1.54, 1.807) is 29.5 Å². The summed E-state index contributed by atoms with van der Waals surface area (Å²) in [6, 6.07) is 13.7. The Morgan fingerprint density at radius 1 is 1.30 bits per heavy atom. The number of hydrogen-bond donors (Lipinski definition) is 1. The van der Waals surface area contributed by atoms with Crippen LogP contribution in [0.2, 0.25) is 5.02 Å². The molecule has 0 radical (unpaired) electrons. The summed E-state index contributed by atoms with van der Waals surface area (Å²) in [5, 5.41) is 18.5. The Labute approximate surface area is 164 Å². The number of thiophene rings is 1. The Kier molecular flexibility index (Phi) is 6.01. The molecule has 1 amide bonds. The second-order valence-electron chi connectivity index (χ2n) is 5.71. The van der Waals surface area contributed by atoms with E-state index in [1.807, 2.05) is 23.6 Å². The highest BCUT2D eigenvalue weighted by atomic mass is 35.5. The van der Waals surface area contributed by atoms with E-state index in [0.29, 0.717) is 29.2 Å². The number of halogens is 1. The first-order chi connectivity index (χ1) is 13.1. The molecule has 8 heteroatoms. The smallest absolute Gasteiger partial charge is 0.266 e. The van der Waals surface area contributed by atoms with Gasteiger partial charge in [0.05, 0.1) is 16.1 Å². The fourth-order valence-electron chi connectivity index (χ4n) is 2.48. The number of carbonyl (C=O) groups is 1. The molecule has 1 N–H and O–H groups in total. The molecule has 0 fully saturated rings. The number of aryl methyl sites for hydroxylation is 1. The number of carbonyl (C=O) groups excluding carboxylic acids is 1. The van der Waals surface area contributed by atoms with Crippen LogP contribution in [0.25, 0.3) is 10.6 Å². The third kappa shape index (κ3) is 4.82. The third-order valence-corrected chi connectivity index (χ3v) is 4.92. The summed E-state index contributed by atoms with van der Waals surface area (Å²) in [6.07, 6.45) is 0.629. The maximum Gasteiger partial charge on any atom is 0.266 e. The predicted octanol–water partition coefficient (Wildman–Crippen LogP) is 3.92. The summed E-state index contributed by atoms with van der Waals surface area (Å²) < 4.78 is 1.36. The lowest BCUT2D eigenvalue weighted by molar-refractivity contribution is -0.116. The maximum absolute atomic E-state index is 12.2. The van der Waals surface area contributed by atoms with Gasteiger partial charge in [0.2, 0.25) is 5.91 Å². The third-order valence-electron chi connectivity index (χ3n) is 3.79. The summed E-state index contributed by atoms with van der Waals surface area (Å²) in [5.41, 5.74) is 1.24. The molecule has 0 aliphatic heterocycles. The fourth-order valence-corrected chi connectivity index (χ4v) is 3.35. The molecule has 0 atom stereocenters. The molecular formula is C19H15ClN4O2S. The topological polar surface area (TPSA) is 87.8 Å². The van der Waals surface area contributed by atoms with Crippen LogP contribution in [0, 0.1) is 11.3 Å². The van der Waals surface area contributed by atoms with E-state index in [9.17, 15) is 9.59 Å². The molecule has 0 saturated carbocycles. The summed E-state index contributed by atoms with van der Waals surface area (Å²) in [5.74, 6) is -0.253. The number of aromatic nitrogens is 2. The van der Waals surface area contributed by atoms with Gasteiger partial charge in [0.1, 0.15) is 11.8 Å². The van der Waals surface area contributed by atoms with E-state index in [-0.39, 0.29) is 17.9 Å². The van der Waals surface area contributed by atoms with Crippen molar-refractivity contribution in [2.24, 2.45) is 0 Å². The summed E-state index contributed by atoms with van der Waals surface area (Å²) in [6.45, 7) is 0.326. The van der Waals surface area contributed by atoms with Crippen molar-refractivity contribution < 1.29 is 4.79 Å². The van der Waals surface area contributed by atoms with Crippen molar-refractivity contribution in [1.29, 1.82) is 5.26 Å². The molecule has 2 aromatic heterocycles. The van der Waals surface area contributed by atoms with Crippen LogP contribution in [0.15, 0.2) is 52.6 Å². The van der Waals surface area contributed by atoms with Gasteiger partial charge in [-0.2, -0.15) is 10.4 Å². The van der Waals surface area contributed by atoms with E-state index in [0.717, 1.165) is 10.6 Å². The number of nitriles is 1. The SMILES string of the molecule is N#Cc1ccc(Cl)cc1NC(=O)CCCn1nc(-c2cccs2)ccc1=O. The van der Waals surface area contributed by atoms with Crippen LogP contribution in [-0.2, 0) is 11.3 Å². The number of amides is 1. The monoisotopic (exact) mass is 398 g/mol. The second kappa shape index (κ2) is 8.62. The van der Waals surface area contributed by atoms with Crippen LogP contribution in [0.1, 0.15) is 18.4 Å². The minimum atomic E-state index is -0.253. The summed E-state index contributed by atoms with van der Waals surface area (Å²) >= 11 is 7.46. The first-order valence-electron chi connectivity index (χ1n) is 8.18. The lowest BCUT2D eigenvalue weighted by Crippen LogP contribution is -2.23. The largest absolute Gasteiger partial charge is 0.325 e. The number of rotatable bonds is 6. The van der Waals surface area contributed by atoms with Crippen LogP contribution in [0.3, 0.4) is 0 Å². The summed E-state index contributed by atoms with van der Waals surface area (Å²) in [4.78, 5) is 25.1. The van der Waals surface area contributed by atoms with Gasteiger partial charge in [0, 0.05) is 24.1 Å². The number of hydrogen-bond acceptors (Lipinski definition) is 5. The Morgan fingerprint density at radius 2 is 2.15 bits per heavy atom. The first kappa shape index (κ1) is 18.8. The van der Waals surface area contributed by atoms with E-state index in [1.165, 1.54) is 16.8 Å². The Morgan fingerprint density at radius 3 is 2.89 bits per heavy atom. The van der Waals surface area contributed by atoms with Gasteiger partial charge in [0.15, 0.2) is 0 Å². The molecule has 27 heavy (non-hydrogen) atoms. The van der Waals surface area contributed by atoms with Gasteiger partial charge in [-0.1, -0.05) is 17.7 Å². The van der Waals surface area contributed by atoms with E-state index in [2.05, 4.69) is 10.4 Å². The normalized spacial score (nSPS) is 10.4. The van der Waals surface area contributed by atoms with Crippen molar-refractivity contribution >= 4 is 34.5 Å². The van der Waals surface area contributed by atoms with Crippen molar-refractivity contribution in [2.45, 2.75) is 19.4 Å². The Balaban J connectivity index is 1.61. The lowest BCUT2D eigenvalue weighted by atomic mass is 10.2. The number of benzene rings is 1. The highest BCUT2D eigenvalue weighted by Crippen LogP contribution is 2.22. The van der Waals surface area contributed by atoms with Gasteiger partial charge in [0.25, 0.3) is 5.56 Å². The van der Waals surface area contributed by atoms with Crippen molar-refractivity contribution in [3.05, 3.63) is 68.8 Å². The van der Waals surface area contributed by atoms with Crippen molar-refractivity contribution in [3.63, 3.8) is 0 Å². The van der Waals surface area contributed by atoms with Gasteiger partial charge < -0.3 is 5.32 Å². The van der Waals surface area contributed by atoms with Crippen LogP contribution < -0.4 is 10.9 Å². The number of nitrogens with zero attached hydrogens (tertiary/aromatic N) is 3. The molecule has 2 heterocycles. The minimum absolute atomic E-state index is 0.189. The molecule has 3 aromatic rings. The van der Waals surface area contributed by atoms with Crippen LogP contribution in [0.4, 0.5) is 5.69 Å². The molecule has 0 unspecified atom stereocenters. The summed E-state index contributed by atoms with van der Waals surface area (Å²) in [7, 11) is 0. The second-order valence-corrected chi connectivity index (χ2v) is 7.09. The van der Waals surface area contributed by atoms with E-state index >= 15 is 0 Å². The molecule has 136 valence electrons. The molecule has 1 aromatic carbocycles. The average molecular weight is 399 g/mol. The molecular weight excluding hydrogens is 384 g/mol. The molecule has 0 aliphatic carbocycles. The molecule has 6 nitrogen and oxygen atoms in total. The zero-order valence-electron chi connectivity index (χ0n) is 14.2. The molecule has 0 spiro atoms. The fraction of sp³-hybridized carbons (Fsp3) is 0.158. The molecule has 0 saturated heterocycles. The quantitative estimate of drug-likeness (QED) is 0.681. The molecule has 0 aliphatic rings. The van der Waals surface area contributed by atoms with E-state index < -0.39 is 0 Å². The minimum Gasteiger partial charge on any atom is -0.325 e. The van der Waals surface area contributed by atoms with Crippen molar-refractivity contribution in [3.8, 4) is 16.6 Å². The van der Waals surface area contributed by atoms with Gasteiger partial charge in [-0.25, -0.2) is 4.68 Å². The standard InChI is InChI=1S/C19H15ClN4O2S/c20-14-6-5-13(12-21)16(11-14)22-18(25)4-1-9-24-19(26)8-7-15(23-24)17-3-2-10-27-17/h2-3,5-8,10-11H,1,4,9H2,(H,22,25). The van der Waals surface area contributed by atoms with Gasteiger partial charge >= 0.3 is 0 Å². The van der Waals surface area contributed by atoms with E-state index in [4.69, 9.17) is 16.9 Å². The van der Waals surface area contributed by atoms with Crippen molar-refractivity contribution in [2.75, 3.05) is 5.32 Å². The molecule has 0 bridgehead atoms. The van der Waals surface area contributed by atoms with Crippen LogP contribution in [0.5, 0.6) is 0 Å². The van der Waals surface area contributed by atoms with Gasteiger partial charge in [-0.15, -0.1) is 11.3 Å². The Hall–Kier alpha value is -2.95. The van der Waals surface area contributed by atoms with Gasteiger partial charge in [-0.3, -0.25) is 9.59 Å². The number of nitrogens with one attached hydrogen (secondary N) is 1.